The predicted molar refractivity (Wildman–Crippen MR) is 93.2 cm³/mol. The molecule has 2 heterocycles. The number of halogens is 3. The topological polar surface area (TPSA) is 68.9 Å². The zero-order chi connectivity index (χ0) is 19.6. The van der Waals surface area contributed by atoms with Crippen LogP contribution in [-0.2, 0) is 24.1 Å². The molecule has 0 unspecified atom stereocenters. The molecule has 6 nitrogen and oxygen atoms in total. The highest BCUT2D eigenvalue weighted by Gasteiger charge is 2.34. The monoisotopic (exact) mass is 378 g/mol. The Hall–Kier alpha value is -3.10. The van der Waals surface area contributed by atoms with E-state index in [9.17, 15) is 22.8 Å². The molecule has 0 aliphatic carbocycles. The lowest BCUT2D eigenvalue weighted by molar-refractivity contribution is -0.139. The third-order valence-electron chi connectivity index (χ3n) is 4.14. The summed E-state index contributed by atoms with van der Waals surface area (Å²) in [5, 5.41) is 2.62. The van der Waals surface area contributed by atoms with Crippen molar-refractivity contribution in [3.05, 3.63) is 64.3 Å². The molecule has 1 amide bonds. The summed E-state index contributed by atoms with van der Waals surface area (Å²) < 4.78 is 41.0. The molecule has 142 valence electrons. The average molecular weight is 378 g/mol. The minimum absolute atomic E-state index is 0.258. The van der Waals surface area contributed by atoms with Crippen molar-refractivity contribution >= 4 is 16.9 Å². The van der Waals surface area contributed by atoms with Gasteiger partial charge in [0.1, 0.15) is 17.9 Å². The van der Waals surface area contributed by atoms with Crippen molar-refractivity contribution in [2.24, 2.45) is 0 Å². The van der Waals surface area contributed by atoms with Crippen LogP contribution in [0.2, 0.25) is 0 Å². The third kappa shape index (κ3) is 4.02. The molecule has 0 spiro atoms. The summed E-state index contributed by atoms with van der Waals surface area (Å²) in [6, 6.07) is 9.37. The Morgan fingerprint density at radius 3 is 2.67 bits per heavy atom. The molecule has 0 atom stereocenters. The average Bonchev–Trinajstić information content (AvgIpc) is 2.91. The number of para-hydroxylation sites is 2. The summed E-state index contributed by atoms with van der Waals surface area (Å²) >= 11 is 0. The zero-order valence-electron chi connectivity index (χ0n) is 14.5. The summed E-state index contributed by atoms with van der Waals surface area (Å²) in [6.45, 7) is 2.08. The number of amides is 1. The number of carbonyl (C=O) groups excluding carboxylic acids is 1. The lowest BCUT2D eigenvalue weighted by Gasteiger charge is -2.11. The molecule has 3 rings (SSSR count). The zero-order valence-corrected chi connectivity index (χ0v) is 14.5. The molecule has 9 heteroatoms. The lowest BCUT2D eigenvalue weighted by Crippen LogP contribution is -2.36. The Kier molecular flexibility index (Phi) is 5.02. The molecule has 1 N–H and O–H groups in total. The Balaban J connectivity index is 1.64. The smallest absolute Gasteiger partial charge is 0.353 e. The Morgan fingerprint density at radius 2 is 1.93 bits per heavy atom. The molecule has 0 aliphatic rings. The number of rotatable bonds is 5. The number of pyridine rings is 1. The van der Waals surface area contributed by atoms with Gasteiger partial charge < -0.3 is 14.5 Å². The maximum atomic E-state index is 12.8. The van der Waals surface area contributed by atoms with Gasteiger partial charge in [0.05, 0.1) is 11.0 Å². The van der Waals surface area contributed by atoms with Crippen LogP contribution in [0.25, 0.3) is 11.0 Å². The molecule has 2 aromatic heterocycles. The van der Waals surface area contributed by atoms with Crippen molar-refractivity contribution in [2.45, 2.75) is 26.2 Å². The molecule has 1 aromatic carbocycles. The van der Waals surface area contributed by atoms with Crippen molar-refractivity contribution in [1.82, 2.24) is 19.4 Å². The number of benzene rings is 1. The summed E-state index contributed by atoms with van der Waals surface area (Å²) in [7, 11) is 0. The van der Waals surface area contributed by atoms with E-state index in [1.165, 1.54) is 0 Å². The Morgan fingerprint density at radius 1 is 1.19 bits per heavy atom. The van der Waals surface area contributed by atoms with Crippen molar-refractivity contribution in [3.8, 4) is 0 Å². The largest absolute Gasteiger partial charge is 0.421 e. The molecule has 0 saturated carbocycles. The molecular formula is C18H17F3N4O2. The summed E-state index contributed by atoms with van der Waals surface area (Å²) in [4.78, 5) is 28.3. The first-order valence-electron chi connectivity index (χ1n) is 8.22. The number of aryl methyl sites for hydroxylation is 1. The minimum Gasteiger partial charge on any atom is -0.353 e. The fourth-order valence-corrected chi connectivity index (χ4v) is 2.87. The van der Waals surface area contributed by atoms with Crippen LogP contribution >= 0.6 is 0 Å². The quantitative estimate of drug-likeness (QED) is 0.741. The predicted octanol–water partition coefficient (Wildman–Crippen LogP) is 2.34. The second-order valence-corrected chi connectivity index (χ2v) is 6.00. The van der Waals surface area contributed by atoms with E-state index in [2.05, 4.69) is 10.3 Å². The van der Waals surface area contributed by atoms with E-state index in [1.54, 1.807) is 0 Å². The number of alkyl halides is 3. The SMILES string of the molecule is Cc1nc2ccccc2n1CCNC(=O)Cn1cccc(C(F)(F)F)c1=O. The Bertz CT molecular complexity index is 1040. The van der Waals surface area contributed by atoms with Gasteiger partial charge in [-0.05, 0) is 31.2 Å². The van der Waals surface area contributed by atoms with Gasteiger partial charge >= 0.3 is 6.18 Å². The van der Waals surface area contributed by atoms with Crippen LogP contribution in [-0.4, -0.2) is 26.6 Å². The highest BCUT2D eigenvalue weighted by molar-refractivity contribution is 5.76. The highest BCUT2D eigenvalue weighted by atomic mass is 19.4. The van der Waals surface area contributed by atoms with Crippen molar-refractivity contribution < 1.29 is 18.0 Å². The first kappa shape index (κ1) is 18.7. The van der Waals surface area contributed by atoms with Crippen molar-refractivity contribution in [3.63, 3.8) is 0 Å². The van der Waals surface area contributed by atoms with Gasteiger partial charge in [0.2, 0.25) is 5.91 Å². The first-order valence-corrected chi connectivity index (χ1v) is 8.22. The van der Waals surface area contributed by atoms with E-state index in [-0.39, 0.29) is 6.54 Å². The molecule has 0 aliphatic heterocycles. The van der Waals surface area contributed by atoms with E-state index in [0.29, 0.717) is 12.6 Å². The van der Waals surface area contributed by atoms with Gasteiger partial charge in [-0.25, -0.2) is 4.98 Å². The maximum absolute atomic E-state index is 12.8. The van der Waals surface area contributed by atoms with Crippen LogP contribution in [0.4, 0.5) is 13.2 Å². The molecule has 0 saturated heterocycles. The Labute approximate surface area is 152 Å². The van der Waals surface area contributed by atoms with Gasteiger partial charge in [0, 0.05) is 19.3 Å². The first-order chi connectivity index (χ1) is 12.8. The normalized spacial score (nSPS) is 11.7. The standard InChI is InChI=1S/C18H17F3N4O2/c1-12-23-14-6-2-3-7-15(14)25(12)10-8-22-16(26)11-24-9-4-5-13(17(24)27)18(19,20)21/h2-7,9H,8,10-11H2,1H3,(H,22,26). The fraction of sp³-hybridized carbons (Fsp3) is 0.278. The molecule has 0 fully saturated rings. The lowest BCUT2D eigenvalue weighted by atomic mass is 10.2. The van der Waals surface area contributed by atoms with Crippen LogP contribution in [0.15, 0.2) is 47.4 Å². The van der Waals surface area contributed by atoms with Gasteiger partial charge in [0.15, 0.2) is 0 Å². The third-order valence-corrected chi connectivity index (χ3v) is 4.14. The van der Waals surface area contributed by atoms with Crippen LogP contribution in [0.5, 0.6) is 0 Å². The van der Waals surface area contributed by atoms with Crippen molar-refractivity contribution in [1.29, 1.82) is 0 Å². The number of imidazole rings is 1. The number of hydrogen-bond donors (Lipinski definition) is 1. The van der Waals surface area contributed by atoms with Crippen LogP contribution in [0, 0.1) is 6.92 Å². The number of nitrogens with zero attached hydrogens (tertiary/aromatic N) is 3. The molecule has 3 aromatic rings. The maximum Gasteiger partial charge on any atom is 0.421 e. The van der Waals surface area contributed by atoms with Gasteiger partial charge in [0.25, 0.3) is 5.56 Å². The second kappa shape index (κ2) is 7.26. The van der Waals surface area contributed by atoms with Gasteiger partial charge in [-0.3, -0.25) is 9.59 Å². The number of carbonyl (C=O) groups is 1. The molecule has 0 radical (unpaired) electrons. The minimum atomic E-state index is -4.75. The van der Waals surface area contributed by atoms with Crippen LogP contribution in [0.3, 0.4) is 0 Å². The number of fused-ring (bicyclic) bond motifs is 1. The second-order valence-electron chi connectivity index (χ2n) is 6.00. The van der Waals surface area contributed by atoms with Gasteiger partial charge in [-0.1, -0.05) is 12.1 Å². The summed E-state index contributed by atoms with van der Waals surface area (Å²) in [5.74, 6) is 0.248. The van der Waals surface area contributed by atoms with Gasteiger partial charge in [-0.15, -0.1) is 0 Å². The van der Waals surface area contributed by atoms with E-state index in [1.807, 2.05) is 35.8 Å². The summed E-state index contributed by atoms with van der Waals surface area (Å²) in [5.41, 5.74) is -0.759. The van der Waals surface area contributed by atoms with Crippen molar-refractivity contribution in [2.75, 3.05) is 6.54 Å². The number of hydrogen-bond acceptors (Lipinski definition) is 3. The molecule has 0 bridgehead atoms. The molecular weight excluding hydrogens is 361 g/mol. The van der Waals surface area contributed by atoms with Crippen LogP contribution in [0.1, 0.15) is 11.4 Å². The molecule has 27 heavy (non-hydrogen) atoms. The fourth-order valence-electron chi connectivity index (χ4n) is 2.87. The number of nitrogens with one attached hydrogen (secondary N) is 1. The van der Waals surface area contributed by atoms with E-state index in [0.717, 1.165) is 33.7 Å². The highest BCUT2D eigenvalue weighted by Crippen LogP contribution is 2.25. The van der Waals surface area contributed by atoms with Crippen LogP contribution < -0.4 is 10.9 Å². The number of aromatic nitrogens is 3. The van der Waals surface area contributed by atoms with E-state index >= 15 is 0 Å². The summed E-state index contributed by atoms with van der Waals surface area (Å²) in [6.07, 6.45) is -3.60. The van der Waals surface area contributed by atoms with E-state index < -0.39 is 29.8 Å². The van der Waals surface area contributed by atoms with E-state index in [4.69, 9.17) is 0 Å². The van der Waals surface area contributed by atoms with Gasteiger partial charge in [-0.2, -0.15) is 13.2 Å².